The van der Waals surface area contributed by atoms with Gasteiger partial charge in [-0.25, -0.2) is 9.36 Å². The average molecular weight is 793 g/mol. The van der Waals surface area contributed by atoms with Gasteiger partial charge in [0.1, 0.15) is 20.2 Å². The molecule has 0 atom stereocenters. The maximum Gasteiger partial charge on any atom is 0.414 e. The number of ether oxygens (including phenoxy) is 1. The minimum Gasteiger partial charge on any atom is -0.444 e. The Hall–Kier alpha value is -4.80. The summed E-state index contributed by atoms with van der Waals surface area (Å²) in [6, 6.07) is 21.0. The SMILES string of the molecule is CCCCC[N+]1=C(/C=C/C2=C(N(C)C(=O)OCc3ccc[n+](C)c3)C(=C/C=C3/N(CCCCS(=O)(=O)O)c4ccccc4C3(C)C)/CC2)C(C)(C)c2ccccc21. The van der Waals surface area contributed by atoms with E-state index in [0.29, 0.717) is 19.4 Å². The third-order valence-corrected chi connectivity index (χ3v) is 12.6. The Labute approximate surface area is 340 Å². The van der Waals surface area contributed by atoms with Crippen LogP contribution in [0.4, 0.5) is 16.2 Å². The normalized spacial score (nSPS) is 18.6. The lowest BCUT2D eigenvalue weighted by atomic mass is 9.81. The van der Waals surface area contributed by atoms with Gasteiger partial charge in [-0.3, -0.25) is 9.45 Å². The number of rotatable bonds is 15. The molecule has 3 aromatic rings. The van der Waals surface area contributed by atoms with Crippen molar-refractivity contribution >= 4 is 33.3 Å². The summed E-state index contributed by atoms with van der Waals surface area (Å²) in [6.07, 6.45) is 18.2. The van der Waals surface area contributed by atoms with Crippen LogP contribution in [0.3, 0.4) is 0 Å². The van der Waals surface area contributed by atoms with Crippen LogP contribution in [0, 0.1) is 0 Å². The highest BCUT2D eigenvalue weighted by atomic mass is 32.2. The van der Waals surface area contributed by atoms with Crippen molar-refractivity contribution < 1.29 is 31.6 Å². The highest BCUT2D eigenvalue weighted by Gasteiger charge is 2.44. The van der Waals surface area contributed by atoms with E-state index >= 15 is 0 Å². The predicted molar refractivity (Wildman–Crippen MR) is 228 cm³/mol. The molecule has 0 bridgehead atoms. The molecular weight excluding hydrogens is 733 g/mol. The molecule has 0 spiro atoms. The van der Waals surface area contributed by atoms with Crippen LogP contribution in [0.25, 0.3) is 0 Å². The number of allylic oxidation sites excluding steroid dienone is 7. The third kappa shape index (κ3) is 9.18. The van der Waals surface area contributed by atoms with Crippen LogP contribution in [0.1, 0.15) is 96.3 Å². The van der Waals surface area contributed by atoms with Crippen LogP contribution >= 0.6 is 0 Å². The van der Waals surface area contributed by atoms with Crippen LogP contribution in [0.2, 0.25) is 0 Å². The van der Waals surface area contributed by atoms with Crippen molar-refractivity contribution in [2.45, 2.75) is 97.0 Å². The molecule has 1 N–H and O–H groups in total. The molecule has 1 aromatic heterocycles. The second kappa shape index (κ2) is 17.4. The fourth-order valence-corrected chi connectivity index (χ4v) is 9.30. The molecule has 2 aliphatic heterocycles. The number of benzene rings is 2. The number of likely N-dealkylation sites (N-methyl/N-ethyl adjacent to an activating group) is 1. The zero-order valence-corrected chi connectivity index (χ0v) is 35.6. The molecule has 57 heavy (non-hydrogen) atoms. The fraction of sp³-hybridized carbons (Fsp3) is 0.426. The second-order valence-electron chi connectivity index (χ2n) is 16.6. The van der Waals surface area contributed by atoms with Crippen LogP contribution in [-0.4, -0.2) is 60.1 Å². The van der Waals surface area contributed by atoms with Crippen molar-refractivity contribution in [2.75, 3.05) is 30.8 Å². The molecule has 1 amide bonds. The fourth-order valence-electron chi connectivity index (χ4n) is 8.73. The maximum atomic E-state index is 13.9. The summed E-state index contributed by atoms with van der Waals surface area (Å²) in [5.74, 6) is -0.260. The zero-order valence-electron chi connectivity index (χ0n) is 34.8. The zero-order chi connectivity index (χ0) is 41.0. The molecule has 9 nitrogen and oxygen atoms in total. The van der Waals surface area contributed by atoms with E-state index in [4.69, 9.17) is 4.74 Å². The van der Waals surface area contributed by atoms with Gasteiger partial charge in [-0.05, 0) is 80.9 Å². The predicted octanol–water partition coefficient (Wildman–Crippen LogP) is 9.23. The summed E-state index contributed by atoms with van der Waals surface area (Å²) in [7, 11) is -0.275. The van der Waals surface area contributed by atoms with E-state index < -0.39 is 16.2 Å². The van der Waals surface area contributed by atoms with Crippen LogP contribution < -0.4 is 9.47 Å². The second-order valence-corrected chi connectivity index (χ2v) is 18.2. The quantitative estimate of drug-likeness (QED) is 0.0938. The monoisotopic (exact) mass is 792 g/mol. The highest BCUT2D eigenvalue weighted by Crippen LogP contribution is 2.48. The van der Waals surface area contributed by atoms with Gasteiger partial charge in [0.15, 0.2) is 18.1 Å². The van der Waals surface area contributed by atoms with Gasteiger partial charge in [-0.15, -0.1) is 0 Å². The van der Waals surface area contributed by atoms with Gasteiger partial charge < -0.3 is 9.64 Å². The number of aryl methyl sites for hydroxylation is 1. The minimum atomic E-state index is -4.03. The minimum absolute atomic E-state index is 0.162. The van der Waals surface area contributed by atoms with E-state index in [1.54, 1.807) is 11.9 Å². The average Bonchev–Trinajstić information content (AvgIpc) is 3.74. The molecule has 0 radical (unpaired) electrons. The molecular formula is C47H60N4O5S+2. The largest absolute Gasteiger partial charge is 0.444 e. The lowest BCUT2D eigenvalue weighted by molar-refractivity contribution is -0.672. The molecule has 3 aliphatic rings. The summed E-state index contributed by atoms with van der Waals surface area (Å²) < 4.78 is 42.6. The van der Waals surface area contributed by atoms with Crippen molar-refractivity contribution in [3.05, 3.63) is 137 Å². The number of fused-ring (bicyclic) bond motifs is 2. The molecule has 2 aromatic carbocycles. The van der Waals surface area contributed by atoms with Crippen molar-refractivity contribution in [1.29, 1.82) is 0 Å². The molecule has 3 heterocycles. The van der Waals surface area contributed by atoms with E-state index in [-0.39, 0.29) is 23.2 Å². The van der Waals surface area contributed by atoms with Gasteiger partial charge in [0.25, 0.3) is 10.1 Å². The first-order chi connectivity index (χ1) is 27.1. The first-order valence-electron chi connectivity index (χ1n) is 20.4. The Kier molecular flexibility index (Phi) is 12.7. The maximum absolute atomic E-state index is 13.9. The number of pyridine rings is 1. The number of para-hydroxylation sites is 2. The summed E-state index contributed by atoms with van der Waals surface area (Å²) in [5.41, 5.74) is 10.6. The summed E-state index contributed by atoms with van der Waals surface area (Å²) in [5, 5.41) is 0. The van der Waals surface area contributed by atoms with Crippen LogP contribution in [0.5, 0.6) is 0 Å². The number of hydrogen-bond acceptors (Lipinski definition) is 5. The Morgan fingerprint density at radius 2 is 1.65 bits per heavy atom. The number of amides is 1. The first-order valence-corrected chi connectivity index (χ1v) is 22.0. The molecule has 10 heteroatoms. The molecule has 0 saturated heterocycles. The molecule has 0 unspecified atom stereocenters. The van der Waals surface area contributed by atoms with E-state index in [0.717, 1.165) is 66.0 Å². The Bertz CT molecular complexity index is 2260. The summed E-state index contributed by atoms with van der Waals surface area (Å²) in [6.45, 7) is 13.0. The third-order valence-electron chi connectivity index (χ3n) is 11.7. The van der Waals surface area contributed by atoms with Crippen LogP contribution in [0.15, 0.2) is 120 Å². The molecule has 0 fully saturated rings. The molecule has 6 rings (SSSR count). The summed E-state index contributed by atoms with van der Waals surface area (Å²) >= 11 is 0. The van der Waals surface area contributed by atoms with Gasteiger partial charge >= 0.3 is 6.09 Å². The molecule has 0 saturated carbocycles. The topological polar surface area (TPSA) is 94.0 Å². The van der Waals surface area contributed by atoms with Gasteiger partial charge in [-0.1, -0.05) is 75.7 Å². The lowest BCUT2D eigenvalue weighted by Gasteiger charge is -2.27. The first kappa shape index (κ1) is 41.8. The number of unbranched alkanes of at least 4 members (excludes halogenated alkanes) is 3. The van der Waals surface area contributed by atoms with Crippen molar-refractivity contribution in [3.63, 3.8) is 0 Å². The van der Waals surface area contributed by atoms with Gasteiger partial charge in [0, 0.05) is 60.6 Å². The molecule has 302 valence electrons. The Morgan fingerprint density at radius 1 is 0.912 bits per heavy atom. The highest BCUT2D eigenvalue weighted by molar-refractivity contribution is 7.85. The lowest BCUT2D eigenvalue weighted by Crippen LogP contribution is -2.29. The Morgan fingerprint density at radius 3 is 2.39 bits per heavy atom. The van der Waals surface area contributed by atoms with Crippen LogP contribution in [-0.2, 0) is 39.3 Å². The van der Waals surface area contributed by atoms with Gasteiger partial charge in [0.2, 0.25) is 5.69 Å². The van der Waals surface area contributed by atoms with Gasteiger partial charge in [-0.2, -0.15) is 13.0 Å². The van der Waals surface area contributed by atoms with E-state index in [1.165, 1.54) is 28.9 Å². The molecule has 1 aliphatic carbocycles. The number of hydrogen-bond donors (Lipinski definition) is 1. The van der Waals surface area contributed by atoms with Crippen molar-refractivity contribution in [3.8, 4) is 0 Å². The number of carbonyl (C=O) groups excluding carboxylic acids is 1. The van der Waals surface area contributed by atoms with E-state index in [2.05, 4.69) is 111 Å². The van der Waals surface area contributed by atoms with E-state index in [9.17, 15) is 17.8 Å². The van der Waals surface area contributed by atoms with Crippen molar-refractivity contribution in [1.82, 2.24) is 4.90 Å². The van der Waals surface area contributed by atoms with Crippen molar-refractivity contribution in [2.24, 2.45) is 7.05 Å². The van der Waals surface area contributed by atoms with E-state index in [1.807, 2.05) is 42.2 Å². The number of nitrogens with zero attached hydrogens (tertiary/aromatic N) is 4. The number of anilines is 1. The Balaban J connectivity index is 1.39. The smallest absolute Gasteiger partial charge is 0.414 e. The summed E-state index contributed by atoms with van der Waals surface area (Å²) in [4.78, 5) is 17.8. The van der Waals surface area contributed by atoms with Gasteiger partial charge in [0.05, 0.1) is 22.4 Å². The number of aromatic nitrogens is 1. The number of carbonyl (C=O) groups is 1. The standard InChI is InChI=1S/C47H59N4O5S/c1-8-9-14-30-50-40-21-12-10-19-38(40)46(2,3)42(50)27-25-36-23-24-37(44(36)49(7)45(52)56-34-35-18-17-29-48(6)33-35)26-28-43-47(4,5)39-20-11-13-22-41(39)51(43)31-15-16-32-57(53,54)55/h10-13,17-22,25-29,33H,8-9,14-16,23-24,30-32,34H2,1-7H3/q+1/p+1.